The van der Waals surface area contributed by atoms with E-state index in [4.69, 9.17) is 9.47 Å². The average Bonchev–Trinajstić information content (AvgIpc) is 2.97. The predicted octanol–water partition coefficient (Wildman–Crippen LogP) is 3.32. The Morgan fingerprint density at radius 1 is 1.19 bits per heavy atom. The largest absolute Gasteiger partial charge is 0.493 e. The summed E-state index contributed by atoms with van der Waals surface area (Å²) < 4.78 is 15.0. The second-order valence-corrected chi connectivity index (χ2v) is 5.87. The normalized spacial score (nSPS) is 10.8. The number of nitrogens with zero attached hydrogens (tertiary/aromatic N) is 3. The Morgan fingerprint density at radius 3 is 2.48 bits per heavy atom. The lowest BCUT2D eigenvalue weighted by atomic mass is 10.2. The molecule has 0 N–H and O–H groups in total. The fourth-order valence-corrected chi connectivity index (χ4v) is 2.70. The van der Waals surface area contributed by atoms with Crippen molar-refractivity contribution in [3.8, 4) is 11.5 Å². The third-order valence-electron chi connectivity index (χ3n) is 3.14. The zero-order valence-corrected chi connectivity index (χ0v) is 13.9. The van der Waals surface area contributed by atoms with Crippen molar-refractivity contribution in [3.05, 3.63) is 29.6 Å². The van der Waals surface area contributed by atoms with Crippen LogP contribution in [0.1, 0.15) is 31.2 Å². The van der Waals surface area contributed by atoms with Gasteiger partial charge in [0.1, 0.15) is 5.82 Å². The van der Waals surface area contributed by atoms with E-state index < -0.39 is 0 Å². The minimum absolute atomic E-state index is 0.351. The van der Waals surface area contributed by atoms with Crippen molar-refractivity contribution >= 4 is 16.7 Å². The summed E-state index contributed by atoms with van der Waals surface area (Å²) in [6.45, 7) is 4.94. The lowest BCUT2D eigenvalue weighted by Crippen LogP contribution is -2.16. The van der Waals surface area contributed by atoms with E-state index in [0.29, 0.717) is 5.92 Å². The number of ether oxygens (including phenoxy) is 2. The molecule has 0 aliphatic heterocycles. The number of hydrogen-bond donors (Lipinski definition) is 0. The van der Waals surface area contributed by atoms with E-state index in [1.165, 1.54) is 11.5 Å². The topological polar surface area (TPSA) is 47.5 Å². The first kappa shape index (κ1) is 15.6. The van der Waals surface area contributed by atoms with Gasteiger partial charge in [0, 0.05) is 31.0 Å². The zero-order chi connectivity index (χ0) is 15.4. The van der Waals surface area contributed by atoms with Crippen molar-refractivity contribution in [2.75, 3.05) is 26.2 Å². The third-order valence-corrected chi connectivity index (χ3v) is 3.99. The van der Waals surface area contributed by atoms with Crippen LogP contribution in [0.25, 0.3) is 0 Å². The first-order chi connectivity index (χ1) is 10.0. The number of aromatic nitrogens is 2. The van der Waals surface area contributed by atoms with Gasteiger partial charge in [-0.3, -0.25) is 0 Å². The zero-order valence-electron chi connectivity index (χ0n) is 13.1. The minimum Gasteiger partial charge on any atom is -0.493 e. The summed E-state index contributed by atoms with van der Waals surface area (Å²) in [6.07, 6.45) is 0. The van der Waals surface area contributed by atoms with Gasteiger partial charge in [-0.05, 0) is 17.7 Å². The van der Waals surface area contributed by atoms with Gasteiger partial charge < -0.3 is 14.4 Å². The Kier molecular flexibility index (Phi) is 5.01. The Hall–Kier alpha value is -1.82. The monoisotopic (exact) mass is 307 g/mol. The predicted molar refractivity (Wildman–Crippen MR) is 85.7 cm³/mol. The molecule has 0 atom stereocenters. The van der Waals surface area contributed by atoms with Crippen molar-refractivity contribution in [1.82, 2.24) is 9.36 Å². The highest BCUT2D eigenvalue weighted by Crippen LogP contribution is 2.29. The molecular formula is C15H21N3O2S. The fraction of sp³-hybridized carbons (Fsp3) is 0.467. The van der Waals surface area contributed by atoms with Crippen LogP contribution in [-0.2, 0) is 6.54 Å². The quantitative estimate of drug-likeness (QED) is 0.819. The maximum absolute atomic E-state index is 5.33. The average molecular weight is 307 g/mol. The Balaban J connectivity index is 2.13. The SMILES string of the molecule is COc1ccc(CN(C)c2nc(C(C)C)ns2)cc1OC. The second-order valence-electron chi connectivity index (χ2n) is 5.14. The van der Waals surface area contributed by atoms with Gasteiger partial charge in [0.2, 0.25) is 5.13 Å². The molecule has 0 saturated heterocycles. The fourth-order valence-electron chi connectivity index (χ4n) is 1.94. The van der Waals surface area contributed by atoms with Gasteiger partial charge >= 0.3 is 0 Å². The molecule has 114 valence electrons. The first-order valence-electron chi connectivity index (χ1n) is 6.80. The molecule has 0 bridgehead atoms. The molecule has 0 unspecified atom stereocenters. The van der Waals surface area contributed by atoms with E-state index >= 15 is 0 Å². The molecule has 0 fully saturated rings. The summed E-state index contributed by atoms with van der Waals surface area (Å²) in [5, 5.41) is 0.925. The molecule has 0 aliphatic carbocycles. The highest BCUT2D eigenvalue weighted by Gasteiger charge is 2.12. The number of benzene rings is 1. The van der Waals surface area contributed by atoms with Crippen LogP contribution in [0.4, 0.5) is 5.13 Å². The molecule has 0 radical (unpaired) electrons. The van der Waals surface area contributed by atoms with Crippen LogP contribution in [0.15, 0.2) is 18.2 Å². The summed E-state index contributed by atoms with van der Waals surface area (Å²) in [7, 11) is 5.30. The van der Waals surface area contributed by atoms with Gasteiger partial charge in [-0.15, -0.1) is 0 Å². The van der Waals surface area contributed by atoms with Gasteiger partial charge in [0.25, 0.3) is 0 Å². The molecule has 1 aromatic heterocycles. The lowest BCUT2D eigenvalue weighted by Gasteiger charge is -2.16. The molecule has 0 aliphatic rings. The van der Waals surface area contributed by atoms with Crippen LogP contribution in [0.3, 0.4) is 0 Å². The van der Waals surface area contributed by atoms with E-state index in [2.05, 4.69) is 28.1 Å². The maximum atomic E-state index is 5.33. The van der Waals surface area contributed by atoms with Crippen molar-refractivity contribution in [1.29, 1.82) is 0 Å². The number of anilines is 1. The van der Waals surface area contributed by atoms with Crippen molar-refractivity contribution < 1.29 is 9.47 Å². The summed E-state index contributed by atoms with van der Waals surface area (Å²) in [4.78, 5) is 6.65. The van der Waals surface area contributed by atoms with Crippen LogP contribution in [0.5, 0.6) is 11.5 Å². The first-order valence-corrected chi connectivity index (χ1v) is 7.58. The van der Waals surface area contributed by atoms with Crippen LogP contribution < -0.4 is 14.4 Å². The summed E-state index contributed by atoms with van der Waals surface area (Å²) in [5.74, 6) is 2.73. The lowest BCUT2D eigenvalue weighted by molar-refractivity contribution is 0.354. The molecule has 1 aromatic carbocycles. The second kappa shape index (κ2) is 6.76. The van der Waals surface area contributed by atoms with E-state index in [1.807, 2.05) is 25.2 Å². The van der Waals surface area contributed by atoms with Crippen molar-refractivity contribution in [2.24, 2.45) is 0 Å². The number of rotatable bonds is 6. The van der Waals surface area contributed by atoms with Gasteiger partial charge in [0.15, 0.2) is 11.5 Å². The summed E-state index contributed by atoms with van der Waals surface area (Å²) in [6, 6.07) is 5.93. The molecule has 2 aromatic rings. The van der Waals surface area contributed by atoms with Crippen LogP contribution in [0.2, 0.25) is 0 Å². The standard InChI is InChI=1S/C15H21N3O2S/c1-10(2)14-16-15(21-17-14)18(3)9-11-6-7-12(19-4)13(8-11)20-5/h6-8,10H,9H2,1-5H3. The molecule has 5 nitrogen and oxygen atoms in total. The van der Waals surface area contributed by atoms with Crippen molar-refractivity contribution in [3.63, 3.8) is 0 Å². The van der Waals surface area contributed by atoms with Gasteiger partial charge in [0.05, 0.1) is 14.2 Å². The third kappa shape index (κ3) is 3.64. The molecule has 0 amide bonds. The van der Waals surface area contributed by atoms with E-state index in [1.54, 1.807) is 14.2 Å². The molecule has 0 saturated carbocycles. The summed E-state index contributed by atoms with van der Waals surface area (Å²) >= 11 is 1.43. The highest BCUT2D eigenvalue weighted by molar-refractivity contribution is 7.09. The molecular weight excluding hydrogens is 286 g/mol. The van der Waals surface area contributed by atoms with E-state index in [0.717, 1.165) is 34.6 Å². The maximum Gasteiger partial charge on any atom is 0.205 e. The molecule has 21 heavy (non-hydrogen) atoms. The summed E-state index contributed by atoms with van der Waals surface area (Å²) in [5.41, 5.74) is 1.14. The van der Waals surface area contributed by atoms with Crippen molar-refractivity contribution in [2.45, 2.75) is 26.3 Å². The highest BCUT2D eigenvalue weighted by atomic mass is 32.1. The molecule has 6 heteroatoms. The van der Waals surface area contributed by atoms with Crippen LogP contribution in [-0.4, -0.2) is 30.6 Å². The van der Waals surface area contributed by atoms with Crippen LogP contribution in [0, 0.1) is 0 Å². The Labute approximate surface area is 129 Å². The van der Waals surface area contributed by atoms with Crippen LogP contribution >= 0.6 is 11.5 Å². The molecule has 1 heterocycles. The molecule has 0 spiro atoms. The van der Waals surface area contributed by atoms with E-state index in [-0.39, 0.29) is 0 Å². The van der Waals surface area contributed by atoms with Gasteiger partial charge in [-0.2, -0.15) is 4.37 Å². The number of methoxy groups -OCH3 is 2. The van der Waals surface area contributed by atoms with E-state index in [9.17, 15) is 0 Å². The van der Waals surface area contributed by atoms with Gasteiger partial charge in [-0.25, -0.2) is 4.98 Å². The smallest absolute Gasteiger partial charge is 0.205 e. The Bertz CT molecular complexity index is 598. The van der Waals surface area contributed by atoms with Gasteiger partial charge in [-0.1, -0.05) is 19.9 Å². The number of hydrogen-bond acceptors (Lipinski definition) is 6. The molecule has 2 rings (SSSR count). The minimum atomic E-state index is 0.351. The Morgan fingerprint density at radius 2 is 1.90 bits per heavy atom.